The summed E-state index contributed by atoms with van der Waals surface area (Å²) in [6.45, 7) is 0.817. The summed E-state index contributed by atoms with van der Waals surface area (Å²) in [4.78, 5) is 12.3. The maximum Gasteiger partial charge on any atom is 0.251 e. The SMILES string of the molecule is Cn1cc2c3cc(C(=O)NCCN)ccc3n(-c3ccc(F)cc3)c2n1. The van der Waals surface area contributed by atoms with Gasteiger partial charge in [0.05, 0.1) is 5.52 Å². The molecule has 0 atom stereocenters. The second-order valence-electron chi connectivity index (χ2n) is 6.13. The van der Waals surface area contributed by atoms with E-state index in [9.17, 15) is 9.18 Å². The summed E-state index contributed by atoms with van der Waals surface area (Å²) in [5.74, 6) is -0.453. The van der Waals surface area contributed by atoms with Crippen molar-refractivity contribution in [3.8, 4) is 5.69 Å². The molecule has 132 valence electrons. The molecule has 4 rings (SSSR count). The average molecular weight is 351 g/mol. The smallest absolute Gasteiger partial charge is 0.251 e. The zero-order valence-electron chi connectivity index (χ0n) is 14.2. The van der Waals surface area contributed by atoms with Gasteiger partial charge in [-0.25, -0.2) is 4.39 Å². The Morgan fingerprint density at radius 3 is 2.69 bits per heavy atom. The van der Waals surface area contributed by atoms with Crippen molar-refractivity contribution in [3.63, 3.8) is 0 Å². The van der Waals surface area contributed by atoms with E-state index >= 15 is 0 Å². The number of nitrogens with zero attached hydrogens (tertiary/aromatic N) is 3. The molecule has 3 N–H and O–H groups in total. The van der Waals surface area contributed by atoms with Gasteiger partial charge in [-0.1, -0.05) is 0 Å². The molecule has 0 bridgehead atoms. The molecule has 7 heteroatoms. The molecule has 0 spiro atoms. The Morgan fingerprint density at radius 1 is 1.19 bits per heavy atom. The summed E-state index contributed by atoms with van der Waals surface area (Å²) in [5, 5.41) is 9.17. The second-order valence-corrected chi connectivity index (χ2v) is 6.13. The molecule has 0 saturated heterocycles. The van der Waals surface area contributed by atoms with Gasteiger partial charge in [0.2, 0.25) is 0 Å². The lowest BCUT2D eigenvalue weighted by molar-refractivity contribution is 0.0955. The van der Waals surface area contributed by atoms with Crippen LogP contribution < -0.4 is 11.1 Å². The highest BCUT2D eigenvalue weighted by molar-refractivity contribution is 6.10. The zero-order valence-corrected chi connectivity index (χ0v) is 14.2. The fourth-order valence-electron chi connectivity index (χ4n) is 3.17. The number of aromatic nitrogens is 3. The second kappa shape index (κ2) is 6.27. The van der Waals surface area contributed by atoms with Crippen molar-refractivity contribution in [1.82, 2.24) is 19.7 Å². The molecule has 4 aromatic rings. The lowest BCUT2D eigenvalue weighted by Crippen LogP contribution is -2.28. The number of nitrogens with two attached hydrogens (primary N) is 1. The lowest BCUT2D eigenvalue weighted by atomic mass is 10.1. The maximum atomic E-state index is 13.3. The van der Waals surface area contributed by atoms with Crippen LogP contribution in [0.3, 0.4) is 0 Å². The Morgan fingerprint density at radius 2 is 1.96 bits per heavy atom. The predicted molar refractivity (Wildman–Crippen MR) is 98.9 cm³/mol. The van der Waals surface area contributed by atoms with E-state index in [0.29, 0.717) is 18.7 Å². The molecule has 2 heterocycles. The lowest BCUT2D eigenvalue weighted by Gasteiger charge is -2.08. The fourth-order valence-corrected chi connectivity index (χ4v) is 3.17. The molecule has 0 radical (unpaired) electrons. The van der Waals surface area contributed by atoms with Crippen LogP contribution >= 0.6 is 0 Å². The molecular weight excluding hydrogens is 333 g/mol. The van der Waals surface area contributed by atoms with Crippen molar-refractivity contribution in [2.45, 2.75) is 0 Å². The fraction of sp³-hybridized carbons (Fsp3) is 0.158. The van der Waals surface area contributed by atoms with Crippen LogP contribution in [0.2, 0.25) is 0 Å². The van der Waals surface area contributed by atoms with Crippen molar-refractivity contribution >= 4 is 27.8 Å². The van der Waals surface area contributed by atoms with E-state index in [2.05, 4.69) is 10.4 Å². The van der Waals surface area contributed by atoms with Crippen LogP contribution in [0.25, 0.3) is 27.6 Å². The molecule has 0 unspecified atom stereocenters. The van der Waals surface area contributed by atoms with E-state index in [0.717, 1.165) is 27.6 Å². The van der Waals surface area contributed by atoms with Gasteiger partial charge in [0.15, 0.2) is 5.65 Å². The van der Waals surface area contributed by atoms with Gasteiger partial charge in [-0.15, -0.1) is 0 Å². The summed E-state index contributed by atoms with van der Waals surface area (Å²) in [7, 11) is 1.85. The van der Waals surface area contributed by atoms with Gasteiger partial charge >= 0.3 is 0 Å². The number of carbonyl (C=O) groups is 1. The molecule has 1 amide bonds. The Kier molecular flexibility index (Phi) is 3.93. The van der Waals surface area contributed by atoms with Gasteiger partial charge in [0.25, 0.3) is 5.91 Å². The van der Waals surface area contributed by atoms with Gasteiger partial charge in [0.1, 0.15) is 5.82 Å². The number of rotatable bonds is 4. The number of amides is 1. The van der Waals surface area contributed by atoms with Crippen molar-refractivity contribution in [3.05, 3.63) is 60.0 Å². The molecule has 6 nitrogen and oxygen atoms in total. The van der Waals surface area contributed by atoms with Gasteiger partial charge in [-0.05, 0) is 42.5 Å². The monoisotopic (exact) mass is 351 g/mol. The first-order chi connectivity index (χ1) is 12.6. The maximum absolute atomic E-state index is 13.3. The first-order valence-electron chi connectivity index (χ1n) is 8.30. The normalized spacial score (nSPS) is 11.3. The molecule has 26 heavy (non-hydrogen) atoms. The predicted octanol–water partition coefficient (Wildman–Crippen LogP) is 2.34. The number of hydrogen-bond donors (Lipinski definition) is 2. The van der Waals surface area contributed by atoms with E-state index in [-0.39, 0.29) is 11.7 Å². The highest BCUT2D eigenvalue weighted by atomic mass is 19.1. The van der Waals surface area contributed by atoms with Gasteiger partial charge < -0.3 is 11.1 Å². The Labute approximate surface area is 149 Å². The molecule has 0 aliphatic carbocycles. The van der Waals surface area contributed by atoms with E-state index < -0.39 is 0 Å². The van der Waals surface area contributed by atoms with Crippen LogP contribution in [0.15, 0.2) is 48.7 Å². The zero-order chi connectivity index (χ0) is 18.3. The molecule has 0 aliphatic rings. The first kappa shape index (κ1) is 16.3. The molecule has 2 aromatic heterocycles. The van der Waals surface area contributed by atoms with E-state index in [4.69, 9.17) is 5.73 Å². The number of hydrogen-bond acceptors (Lipinski definition) is 3. The van der Waals surface area contributed by atoms with Crippen LogP contribution in [-0.2, 0) is 7.05 Å². The average Bonchev–Trinajstić information content (AvgIpc) is 3.15. The number of carbonyl (C=O) groups excluding carboxylic acids is 1. The highest BCUT2D eigenvalue weighted by Gasteiger charge is 2.17. The van der Waals surface area contributed by atoms with Crippen LogP contribution in [0.5, 0.6) is 0 Å². The Hall–Kier alpha value is -3.19. The summed E-state index contributed by atoms with van der Waals surface area (Å²) >= 11 is 0. The minimum Gasteiger partial charge on any atom is -0.351 e. The summed E-state index contributed by atoms with van der Waals surface area (Å²) < 4.78 is 17.0. The number of aryl methyl sites for hydroxylation is 1. The molecular formula is C19H18FN5O. The third-order valence-corrected chi connectivity index (χ3v) is 4.33. The van der Waals surface area contributed by atoms with Crippen molar-refractivity contribution in [2.75, 3.05) is 13.1 Å². The first-order valence-corrected chi connectivity index (χ1v) is 8.30. The van der Waals surface area contributed by atoms with E-state index in [1.165, 1.54) is 12.1 Å². The third kappa shape index (κ3) is 2.62. The topological polar surface area (TPSA) is 77.9 Å². The van der Waals surface area contributed by atoms with Crippen molar-refractivity contribution < 1.29 is 9.18 Å². The number of nitrogens with one attached hydrogen (secondary N) is 1. The molecule has 2 aromatic carbocycles. The van der Waals surface area contributed by atoms with E-state index in [1.807, 2.05) is 29.9 Å². The molecule has 0 fully saturated rings. The Balaban J connectivity index is 1.93. The van der Waals surface area contributed by atoms with Gasteiger partial charge in [-0.2, -0.15) is 5.10 Å². The van der Waals surface area contributed by atoms with Gasteiger partial charge in [0, 0.05) is 48.4 Å². The third-order valence-electron chi connectivity index (χ3n) is 4.33. The Bertz CT molecular complexity index is 1110. The number of fused-ring (bicyclic) bond motifs is 3. The van der Waals surface area contributed by atoms with Crippen LogP contribution in [0.1, 0.15) is 10.4 Å². The van der Waals surface area contributed by atoms with Crippen LogP contribution in [0.4, 0.5) is 4.39 Å². The van der Waals surface area contributed by atoms with Crippen molar-refractivity contribution in [2.24, 2.45) is 12.8 Å². The largest absolute Gasteiger partial charge is 0.351 e. The van der Waals surface area contributed by atoms with E-state index in [1.54, 1.807) is 22.9 Å². The highest BCUT2D eigenvalue weighted by Crippen LogP contribution is 2.31. The minimum absolute atomic E-state index is 0.163. The number of halogens is 1. The summed E-state index contributed by atoms with van der Waals surface area (Å²) in [5.41, 5.74) is 8.48. The summed E-state index contributed by atoms with van der Waals surface area (Å²) in [6, 6.07) is 11.8. The standard InChI is InChI=1S/C19H18FN5O/c1-24-11-16-15-10-12(19(26)22-9-8-21)2-7-17(15)25(18(16)23-24)14-5-3-13(20)4-6-14/h2-7,10-11H,8-9,21H2,1H3,(H,22,26). The number of benzene rings is 2. The molecule has 0 saturated carbocycles. The quantitative estimate of drug-likeness (QED) is 0.592. The molecule has 0 aliphatic heterocycles. The minimum atomic E-state index is -0.290. The van der Waals surface area contributed by atoms with Crippen LogP contribution in [0, 0.1) is 5.82 Å². The summed E-state index contributed by atoms with van der Waals surface area (Å²) in [6.07, 6.45) is 1.92. The van der Waals surface area contributed by atoms with Gasteiger partial charge in [-0.3, -0.25) is 14.0 Å². The van der Waals surface area contributed by atoms with Crippen LogP contribution in [-0.4, -0.2) is 33.3 Å². The van der Waals surface area contributed by atoms with Crippen molar-refractivity contribution in [1.29, 1.82) is 0 Å².